The number of benzene rings is 2. The number of anilines is 4. The molecule has 148 valence electrons. The summed E-state index contributed by atoms with van der Waals surface area (Å²) in [5.41, 5.74) is 3.09. The van der Waals surface area contributed by atoms with Gasteiger partial charge in [0.25, 0.3) is 5.91 Å². The van der Waals surface area contributed by atoms with E-state index >= 15 is 0 Å². The zero-order valence-corrected chi connectivity index (χ0v) is 16.9. The summed E-state index contributed by atoms with van der Waals surface area (Å²) in [7, 11) is 0. The molecule has 0 bridgehead atoms. The van der Waals surface area contributed by atoms with Gasteiger partial charge in [-0.15, -0.1) is 0 Å². The van der Waals surface area contributed by atoms with Crippen LogP contribution in [-0.4, -0.2) is 29.0 Å². The molecular weight excluding hydrogens is 386 g/mol. The summed E-state index contributed by atoms with van der Waals surface area (Å²) in [6.45, 7) is 3.98. The first-order chi connectivity index (χ1) is 14.1. The van der Waals surface area contributed by atoms with Crippen molar-refractivity contribution in [2.24, 2.45) is 0 Å². The Morgan fingerprint density at radius 1 is 0.966 bits per heavy atom. The topological polar surface area (TPSA) is 70.2 Å². The molecule has 1 aliphatic rings. The summed E-state index contributed by atoms with van der Waals surface area (Å²) in [6.07, 6.45) is 2.37. The third-order valence-corrected chi connectivity index (χ3v) is 5.00. The fourth-order valence-electron chi connectivity index (χ4n) is 3.26. The van der Waals surface area contributed by atoms with Gasteiger partial charge < -0.3 is 15.5 Å². The molecule has 1 amide bonds. The van der Waals surface area contributed by atoms with Crippen LogP contribution < -0.4 is 15.5 Å². The molecule has 3 aromatic rings. The van der Waals surface area contributed by atoms with Crippen LogP contribution in [-0.2, 0) is 0 Å². The summed E-state index contributed by atoms with van der Waals surface area (Å²) < 4.78 is 0. The number of aryl methyl sites for hydroxylation is 1. The predicted molar refractivity (Wildman–Crippen MR) is 117 cm³/mol. The molecule has 1 aliphatic heterocycles. The molecule has 7 heteroatoms. The molecule has 0 unspecified atom stereocenters. The van der Waals surface area contributed by atoms with Crippen LogP contribution in [0.2, 0.25) is 5.02 Å². The van der Waals surface area contributed by atoms with Crippen molar-refractivity contribution >= 4 is 40.6 Å². The van der Waals surface area contributed by atoms with Crippen LogP contribution in [0, 0.1) is 6.92 Å². The Bertz CT molecular complexity index is 999. The highest BCUT2D eigenvalue weighted by atomic mass is 35.5. The van der Waals surface area contributed by atoms with Gasteiger partial charge in [0.15, 0.2) is 0 Å². The Kier molecular flexibility index (Phi) is 5.62. The van der Waals surface area contributed by atoms with Gasteiger partial charge in [0.2, 0.25) is 5.95 Å². The Hall–Kier alpha value is -3.12. The van der Waals surface area contributed by atoms with E-state index < -0.39 is 0 Å². The van der Waals surface area contributed by atoms with Gasteiger partial charge in [-0.05, 0) is 68.3 Å². The van der Waals surface area contributed by atoms with Gasteiger partial charge in [-0.3, -0.25) is 4.79 Å². The van der Waals surface area contributed by atoms with Crippen molar-refractivity contribution in [2.45, 2.75) is 19.8 Å². The van der Waals surface area contributed by atoms with Crippen LogP contribution in [0.1, 0.15) is 28.9 Å². The van der Waals surface area contributed by atoms with E-state index in [1.165, 1.54) is 12.8 Å². The van der Waals surface area contributed by atoms with Crippen LogP contribution in [0.25, 0.3) is 0 Å². The van der Waals surface area contributed by atoms with E-state index in [0.717, 1.165) is 36.2 Å². The molecule has 1 saturated heterocycles. The van der Waals surface area contributed by atoms with Crippen molar-refractivity contribution in [1.82, 2.24) is 9.97 Å². The summed E-state index contributed by atoms with van der Waals surface area (Å²) in [5, 5.41) is 6.81. The molecule has 1 fully saturated rings. The summed E-state index contributed by atoms with van der Waals surface area (Å²) in [6, 6.07) is 16.2. The normalized spacial score (nSPS) is 13.4. The first-order valence-corrected chi connectivity index (χ1v) is 9.99. The van der Waals surface area contributed by atoms with Gasteiger partial charge >= 0.3 is 0 Å². The fraction of sp³-hybridized carbons (Fsp3) is 0.227. The summed E-state index contributed by atoms with van der Waals surface area (Å²) in [5.74, 6) is 1.36. The van der Waals surface area contributed by atoms with Crippen LogP contribution in [0.3, 0.4) is 0 Å². The van der Waals surface area contributed by atoms with Crippen LogP contribution in [0.4, 0.5) is 23.1 Å². The first-order valence-electron chi connectivity index (χ1n) is 9.61. The third kappa shape index (κ3) is 4.84. The number of hydrogen-bond acceptors (Lipinski definition) is 5. The standard InChI is InChI=1S/C22H22ClN5O/c1-15-14-20(27-22(24-15)28-12-2-3-13-28)25-18-8-10-19(11-9-18)26-21(29)16-4-6-17(23)7-5-16/h4-11,14H,2-3,12-13H2,1H3,(H,26,29)(H,24,25,27). The Labute approximate surface area is 174 Å². The molecule has 1 aromatic heterocycles. The number of nitrogens with zero attached hydrogens (tertiary/aromatic N) is 3. The van der Waals surface area contributed by atoms with Crippen LogP contribution >= 0.6 is 11.6 Å². The molecule has 2 N–H and O–H groups in total. The number of aromatic nitrogens is 2. The molecule has 0 atom stereocenters. The molecule has 2 aromatic carbocycles. The molecule has 2 heterocycles. The van der Waals surface area contributed by atoms with Crippen LogP contribution in [0.15, 0.2) is 54.6 Å². The van der Waals surface area contributed by atoms with Crippen molar-refractivity contribution in [3.05, 3.63) is 70.9 Å². The van der Waals surface area contributed by atoms with Crippen molar-refractivity contribution in [2.75, 3.05) is 28.6 Å². The Balaban J connectivity index is 1.43. The van der Waals surface area contributed by atoms with Crippen molar-refractivity contribution < 1.29 is 4.79 Å². The summed E-state index contributed by atoms with van der Waals surface area (Å²) in [4.78, 5) is 23.7. The fourth-order valence-corrected chi connectivity index (χ4v) is 3.39. The second kappa shape index (κ2) is 8.49. The quantitative estimate of drug-likeness (QED) is 0.620. The largest absolute Gasteiger partial charge is 0.341 e. The minimum absolute atomic E-state index is 0.177. The maximum atomic E-state index is 12.3. The SMILES string of the molecule is Cc1cc(Nc2ccc(NC(=O)c3ccc(Cl)cc3)cc2)nc(N2CCCC2)n1. The van der Waals surface area contributed by atoms with E-state index in [2.05, 4.69) is 25.5 Å². The maximum absolute atomic E-state index is 12.3. The second-order valence-corrected chi connectivity index (χ2v) is 7.49. The highest BCUT2D eigenvalue weighted by Gasteiger charge is 2.16. The molecule has 4 rings (SSSR count). The predicted octanol–water partition coefficient (Wildman–Crippen LogP) is 5.03. The van der Waals surface area contributed by atoms with Crippen molar-refractivity contribution in [1.29, 1.82) is 0 Å². The molecule has 0 spiro atoms. The number of rotatable bonds is 5. The highest BCUT2D eigenvalue weighted by molar-refractivity contribution is 6.30. The van der Waals surface area contributed by atoms with Crippen molar-refractivity contribution in [3.63, 3.8) is 0 Å². The van der Waals surface area contributed by atoms with Gasteiger partial charge in [-0.2, -0.15) is 4.98 Å². The number of hydrogen-bond donors (Lipinski definition) is 2. The van der Waals surface area contributed by atoms with Gasteiger partial charge in [-0.25, -0.2) is 4.98 Å². The lowest BCUT2D eigenvalue weighted by atomic mass is 10.2. The molecule has 6 nitrogen and oxygen atoms in total. The first kappa shape index (κ1) is 19.2. The van der Waals surface area contributed by atoms with Gasteiger partial charge in [0, 0.05) is 46.8 Å². The van der Waals surface area contributed by atoms with Crippen molar-refractivity contribution in [3.8, 4) is 0 Å². The van der Waals surface area contributed by atoms with Gasteiger partial charge in [-0.1, -0.05) is 11.6 Å². The molecule has 0 radical (unpaired) electrons. The van der Waals surface area contributed by atoms with E-state index in [0.29, 0.717) is 16.3 Å². The van der Waals surface area contributed by atoms with E-state index in [4.69, 9.17) is 11.6 Å². The Morgan fingerprint density at radius 2 is 1.62 bits per heavy atom. The van der Waals surface area contributed by atoms with Gasteiger partial charge in [0.05, 0.1) is 0 Å². The number of amides is 1. The highest BCUT2D eigenvalue weighted by Crippen LogP contribution is 2.22. The average molecular weight is 408 g/mol. The maximum Gasteiger partial charge on any atom is 0.255 e. The van der Waals surface area contributed by atoms with E-state index in [1.807, 2.05) is 37.3 Å². The molecule has 0 aliphatic carbocycles. The van der Waals surface area contributed by atoms with E-state index in [-0.39, 0.29) is 5.91 Å². The third-order valence-electron chi connectivity index (χ3n) is 4.75. The lowest BCUT2D eigenvalue weighted by molar-refractivity contribution is 0.102. The minimum Gasteiger partial charge on any atom is -0.341 e. The molecular formula is C22H22ClN5O. The van der Waals surface area contributed by atoms with Gasteiger partial charge in [0.1, 0.15) is 5.82 Å². The monoisotopic (exact) mass is 407 g/mol. The lowest BCUT2D eigenvalue weighted by Crippen LogP contribution is -2.21. The number of halogens is 1. The van der Waals surface area contributed by atoms with Crippen LogP contribution in [0.5, 0.6) is 0 Å². The van der Waals surface area contributed by atoms with E-state index in [9.17, 15) is 4.79 Å². The molecule has 29 heavy (non-hydrogen) atoms. The molecule has 0 saturated carbocycles. The lowest BCUT2D eigenvalue weighted by Gasteiger charge is -2.17. The average Bonchev–Trinajstić information content (AvgIpc) is 3.24. The van der Waals surface area contributed by atoms with E-state index in [1.54, 1.807) is 24.3 Å². The number of carbonyl (C=O) groups excluding carboxylic acids is 1. The zero-order valence-electron chi connectivity index (χ0n) is 16.2. The second-order valence-electron chi connectivity index (χ2n) is 7.05. The zero-order chi connectivity index (χ0) is 20.2. The number of carbonyl (C=O) groups is 1. The number of nitrogens with one attached hydrogen (secondary N) is 2. The smallest absolute Gasteiger partial charge is 0.255 e. The minimum atomic E-state index is -0.177. The summed E-state index contributed by atoms with van der Waals surface area (Å²) >= 11 is 5.87. The Morgan fingerprint density at radius 3 is 2.31 bits per heavy atom.